The van der Waals surface area contributed by atoms with Crippen molar-refractivity contribution < 1.29 is 0 Å². The zero-order valence-corrected chi connectivity index (χ0v) is 11.2. The van der Waals surface area contributed by atoms with Gasteiger partial charge in [-0.25, -0.2) is 0 Å². The van der Waals surface area contributed by atoms with Crippen molar-refractivity contribution in [3.63, 3.8) is 0 Å². The van der Waals surface area contributed by atoms with Gasteiger partial charge in [0, 0.05) is 41.6 Å². The van der Waals surface area contributed by atoms with Gasteiger partial charge in [0.25, 0.3) is 0 Å². The predicted octanol–water partition coefficient (Wildman–Crippen LogP) is 3.13. The van der Waals surface area contributed by atoms with E-state index in [-0.39, 0.29) is 0 Å². The van der Waals surface area contributed by atoms with Crippen LogP contribution in [0.2, 0.25) is 0 Å². The number of anilines is 1. The number of nitrogens with one attached hydrogen (secondary N) is 1. The summed E-state index contributed by atoms with van der Waals surface area (Å²) in [4.78, 5) is 0. The van der Waals surface area contributed by atoms with Gasteiger partial charge >= 0.3 is 0 Å². The molecule has 1 atom stereocenters. The maximum Gasteiger partial charge on any atom is 0.0492 e. The lowest BCUT2D eigenvalue weighted by atomic mass is 9.88. The number of rotatable bonds is 1. The van der Waals surface area contributed by atoms with Crippen molar-refractivity contribution in [2.24, 2.45) is 7.05 Å². The van der Waals surface area contributed by atoms with Gasteiger partial charge in [0.2, 0.25) is 0 Å². The molecule has 1 aliphatic rings. The van der Waals surface area contributed by atoms with E-state index in [2.05, 4.69) is 50.6 Å². The third-order valence-electron chi connectivity index (χ3n) is 3.36. The molecule has 1 N–H and O–H groups in total. The largest absolute Gasteiger partial charge is 0.385 e. The first-order valence-corrected chi connectivity index (χ1v) is 6.56. The van der Waals surface area contributed by atoms with E-state index in [1.54, 1.807) is 0 Å². The van der Waals surface area contributed by atoms with E-state index in [4.69, 9.17) is 0 Å². The predicted molar refractivity (Wildman–Crippen MR) is 72.3 cm³/mol. The fourth-order valence-electron chi connectivity index (χ4n) is 2.53. The van der Waals surface area contributed by atoms with Crippen LogP contribution in [0.15, 0.2) is 34.9 Å². The number of aromatic nitrogens is 2. The molecule has 1 unspecified atom stereocenters. The van der Waals surface area contributed by atoms with Gasteiger partial charge in [-0.05, 0) is 30.2 Å². The van der Waals surface area contributed by atoms with Crippen molar-refractivity contribution in [1.82, 2.24) is 9.78 Å². The summed E-state index contributed by atoms with van der Waals surface area (Å²) in [5, 5.41) is 7.72. The highest BCUT2D eigenvalue weighted by Gasteiger charge is 2.23. The van der Waals surface area contributed by atoms with Crippen LogP contribution in [-0.4, -0.2) is 16.3 Å². The summed E-state index contributed by atoms with van der Waals surface area (Å²) in [5.74, 6) is 0.451. The highest BCUT2D eigenvalue weighted by Crippen LogP contribution is 2.37. The molecule has 0 fully saturated rings. The molecule has 0 bridgehead atoms. The summed E-state index contributed by atoms with van der Waals surface area (Å²) >= 11 is 3.52. The van der Waals surface area contributed by atoms with Crippen LogP contribution >= 0.6 is 15.9 Å². The molecule has 17 heavy (non-hydrogen) atoms. The van der Waals surface area contributed by atoms with Crippen molar-refractivity contribution in [1.29, 1.82) is 0 Å². The maximum absolute atomic E-state index is 4.27. The van der Waals surface area contributed by atoms with E-state index < -0.39 is 0 Å². The molecule has 0 radical (unpaired) electrons. The molecule has 0 aliphatic carbocycles. The van der Waals surface area contributed by atoms with Gasteiger partial charge in [0.15, 0.2) is 0 Å². The van der Waals surface area contributed by atoms with Crippen LogP contribution in [0, 0.1) is 0 Å². The number of aryl methyl sites for hydroxylation is 1. The Morgan fingerprint density at radius 3 is 3.06 bits per heavy atom. The molecular formula is C13H14BrN3. The first-order valence-electron chi connectivity index (χ1n) is 5.77. The van der Waals surface area contributed by atoms with Crippen LogP contribution < -0.4 is 5.32 Å². The topological polar surface area (TPSA) is 29.9 Å². The normalized spacial score (nSPS) is 18.6. The number of hydrogen-bond donors (Lipinski definition) is 1. The number of halogens is 1. The first-order chi connectivity index (χ1) is 8.25. The molecule has 1 aliphatic heterocycles. The molecule has 0 spiro atoms. The monoisotopic (exact) mass is 291 g/mol. The Morgan fingerprint density at radius 2 is 2.29 bits per heavy atom. The third-order valence-corrected chi connectivity index (χ3v) is 3.85. The van der Waals surface area contributed by atoms with Crippen LogP contribution in [0.4, 0.5) is 5.69 Å². The second-order valence-electron chi connectivity index (χ2n) is 4.38. The second kappa shape index (κ2) is 4.18. The average molecular weight is 292 g/mol. The van der Waals surface area contributed by atoms with Crippen molar-refractivity contribution in [2.75, 3.05) is 11.9 Å². The molecule has 2 aromatic rings. The third kappa shape index (κ3) is 1.86. The minimum atomic E-state index is 0.451. The summed E-state index contributed by atoms with van der Waals surface area (Å²) in [6.45, 7) is 1.01. The number of nitrogens with zero attached hydrogens (tertiary/aromatic N) is 2. The fraction of sp³-hybridized carbons (Fsp3) is 0.308. The van der Waals surface area contributed by atoms with Gasteiger partial charge in [0.05, 0.1) is 0 Å². The molecule has 1 aromatic carbocycles. The Labute approximate surface area is 109 Å². The molecule has 0 saturated heterocycles. The second-order valence-corrected chi connectivity index (χ2v) is 5.29. The molecule has 1 aromatic heterocycles. The molecule has 3 nitrogen and oxygen atoms in total. The summed E-state index contributed by atoms with van der Waals surface area (Å²) in [6, 6.07) is 8.57. The van der Waals surface area contributed by atoms with Gasteiger partial charge in [-0.3, -0.25) is 4.68 Å². The van der Waals surface area contributed by atoms with Crippen LogP contribution in [0.25, 0.3) is 0 Å². The highest BCUT2D eigenvalue weighted by molar-refractivity contribution is 9.10. The first kappa shape index (κ1) is 10.8. The van der Waals surface area contributed by atoms with Gasteiger partial charge < -0.3 is 5.32 Å². The quantitative estimate of drug-likeness (QED) is 0.875. The standard InChI is InChI=1S/C13H14BrN3/c1-17-13(5-7-16-17)11-4-6-15-12-8-9(14)2-3-10(11)12/h2-3,5,7-8,11,15H,4,6H2,1H3. The smallest absolute Gasteiger partial charge is 0.0492 e. The van der Waals surface area contributed by atoms with E-state index >= 15 is 0 Å². The van der Waals surface area contributed by atoms with Gasteiger partial charge in [-0.15, -0.1) is 0 Å². The summed E-state index contributed by atoms with van der Waals surface area (Å²) in [5.41, 5.74) is 3.88. The SMILES string of the molecule is Cn1nccc1C1CCNc2cc(Br)ccc21. The molecule has 0 amide bonds. The molecule has 88 valence electrons. The number of benzene rings is 1. The Bertz CT molecular complexity index is 547. The molecule has 3 rings (SSSR count). The Kier molecular flexibility index (Phi) is 2.67. The Hall–Kier alpha value is -1.29. The zero-order chi connectivity index (χ0) is 11.8. The lowest BCUT2D eigenvalue weighted by molar-refractivity contribution is 0.627. The van der Waals surface area contributed by atoms with E-state index in [1.807, 2.05) is 17.9 Å². The van der Waals surface area contributed by atoms with Crippen LogP contribution in [-0.2, 0) is 7.05 Å². The van der Waals surface area contributed by atoms with E-state index in [0.717, 1.165) is 17.4 Å². The summed E-state index contributed by atoms with van der Waals surface area (Å²) < 4.78 is 3.09. The highest BCUT2D eigenvalue weighted by atomic mass is 79.9. The van der Waals surface area contributed by atoms with Gasteiger partial charge in [-0.1, -0.05) is 22.0 Å². The van der Waals surface area contributed by atoms with Gasteiger partial charge in [0.1, 0.15) is 0 Å². The summed E-state index contributed by atoms with van der Waals surface area (Å²) in [7, 11) is 2.01. The van der Waals surface area contributed by atoms with Crippen molar-refractivity contribution >= 4 is 21.6 Å². The van der Waals surface area contributed by atoms with Crippen LogP contribution in [0.1, 0.15) is 23.6 Å². The van der Waals surface area contributed by atoms with E-state index in [9.17, 15) is 0 Å². The van der Waals surface area contributed by atoms with E-state index in [0.29, 0.717) is 5.92 Å². The van der Waals surface area contributed by atoms with Crippen molar-refractivity contribution in [3.8, 4) is 0 Å². The average Bonchev–Trinajstić information content (AvgIpc) is 2.74. The molecular weight excluding hydrogens is 278 g/mol. The van der Waals surface area contributed by atoms with Gasteiger partial charge in [-0.2, -0.15) is 5.10 Å². The molecule has 4 heteroatoms. The molecule has 0 saturated carbocycles. The van der Waals surface area contributed by atoms with Crippen LogP contribution in [0.5, 0.6) is 0 Å². The zero-order valence-electron chi connectivity index (χ0n) is 9.65. The lowest BCUT2D eigenvalue weighted by Crippen LogP contribution is -2.19. The molecule has 2 heterocycles. The number of fused-ring (bicyclic) bond motifs is 1. The van der Waals surface area contributed by atoms with Crippen LogP contribution in [0.3, 0.4) is 0 Å². The minimum Gasteiger partial charge on any atom is -0.385 e. The van der Waals surface area contributed by atoms with Crippen molar-refractivity contribution in [2.45, 2.75) is 12.3 Å². The van der Waals surface area contributed by atoms with E-state index in [1.165, 1.54) is 16.9 Å². The number of hydrogen-bond acceptors (Lipinski definition) is 2. The lowest BCUT2D eigenvalue weighted by Gasteiger charge is -2.27. The fourth-order valence-corrected chi connectivity index (χ4v) is 2.89. The Morgan fingerprint density at radius 1 is 1.41 bits per heavy atom. The van der Waals surface area contributed by atoms with Crippen molar-refractivity contribution in [3.05, 3.63) is 46.2 Å². The Balaban J connectivity index is 2.08. The summed E-state index contributed by atoms with van der Waals surface area (Å²) in [6.07, 6.45) is 2.99. The minimum absolute atomic E-state index is 0.451. The maximum atomic E-state index is 4.27.